The lowest BCUT2D eigenvalue weighted by molar-refractivity contribution is 0.00805. The Labute approximate surface area is 82.7 Å². The molecule has 2 aliphatic rings. The van der Waals surface area contributed by atoms with Gasteiger partial charge in [-0.2, -0.15) is 0 Å². The fourth-order valence-corrected chi connectivity index (χ4v) is 2.53. The summed E-state index contributed by atoms with van der Waals surface area (Å²) in [5.74, 6) is 0. The molecule has 1 aliphatic carbocycles. The predicted molar refractivity (Wildman–Crippen MR) is 50.2 cm³/mol. The molecule has 0 bridgehead atoms. The molecule has 5 nitrogen and oxygen atoms in total. The molecule has 0 radical (unpaired) electrons. The van der Waals surface area contributed by atoms with Gasteiger partial charge in [0.1, 0.15) is 0 Å². The number of amides is 1. The Balaban J connectivity index is 2.11. The molecule has 3 unspecified atom stereocenters. The second kappa shape index (κ2) is 3.74. The van der Waals surface area contributed by atoms with Crippen molar-refractivity contribution >= 4 is 6.09 Å². The van der Waals surface area contributed by atoms with Crippen molar-refractivity contribution in [1.29, 1.82) is 0 Å². The fraction of sp³-hybridized carbons (Fsp3) is 0.889. The predicted octanol–water partition coefficient (Wildman–Crippen LogP) is -0.148. The number of aliphatic hydroxyl groups is 1. The van der Waals surface area contributed by atoms with Crippen LogP contribution >= 0.6 is 0 Å². The van der Waals surface area contributed by atoms with Crippen molar-refractivity contribution in [2.24, 2.45) is 0 Å². The van der Waals surface area contributed by atoms with Crippen molar-refractivity contribution in [3.8, 4) is 0 Å². The van der Waals surface area contributed by atoms with Gasteiger partial charge in [-0.3, -0.25) is 0 Å². The molecule has 0 aromatic heterocycles. The van der Waals surface area contributed by atoms with Gasteiger partial charge in [0, 0.05) is 13.1 Å². The molecule has 2 rings (SSSR count). The SMILES string of the molecule is O=C(O)N1CCNC2C(O)CCCC21. The zero-order chi connectivity index (χ0) is 10.1. The highest BCUT2D eigenvalue weighted by Gasteiger charge is 2.39. The molecule has 5 heteroatoms. The Bertz CT molecular complexity index is 234. The van der Waals surface area contributed by atoms with Gasteiger partial charge in [0.25, 0.3) is 0 Å². The molecule has 0 aromatic carbocycles. The number of fused-ring (bicyclic) bond motifs is 1. The molecule has 1 saturated carbocycles. The van der Waals surface area contributed by atoms with Crippen LogP contribution < -0.4 is 5.32 Å². The summed E-state index contributed by atoms with van der Waals surface area (Å²) in [4.78, 5) is 12.4. The van der Waals surface area contributed by atoms with Crippen LogP contribution in [-0.4, -0.2) is 52.5 Å². The third-order valence-corrected chi connectivity index (χ3v) is 3.21. The largest absolute Gasteiger partial charge is 0.465 e. The first-order chi connectivity index (χ1) is 6.70. The van der Waals surface area contributed by atoms with E-state index in [0.29, 0.717) is 13.1 Å². The van der Waals surface area contributed by atoms with Crippen LogP contribution in [0.5, 0.6) is 0 Å². The maximum Gasteiger partial charge on any atom is 0.407 e. The zero-order valence-corrected chi connectivity index (χ0v) is 8.02. The highest BCUT2D eigenvalue weighted by atomic mass is 16.4. The third-order valence-electron chi connectivity index (χ3n) is 3.21. The molecule has 1 saturated heterocycles. The van der Waals surface area contributed by atoms with E-state index in [1.54, 1.807) is 0 Å². The summed E-state index contributed by atoms with van der Waals surface area (Å²) < 4.78 is 0. The summed E-state index contributed by atoms with van der Waals surface area (Å²) in [6.07, 6.45) is 1.29. The number of hydrogen-bond acceptors (Lipinski definition) is 3. The monoisotopic (exact) mass is 200 g/mol. The first-order valence-corrected chi connectivity index (χ1v) is 5.11. The normalized spacial score (nSPS) is 37.8. The number of carbonyl (C=O) groups is 1. The average Bonchev–Trinajstić information content (AvgIpc) is 2.17. The smallest absolute Gasteiger partial charge is 0.407 e. The van der Waals surface area contributed by atoms with Gasteiger partial charge in [-0.15, -0.1) is 0 Å². The summed E-state index contributed by atoms with van der Waals surface area (Å²) >= 11 is 0. The van der Waals surface area contributed by atoms with Crippen LogP contribution in [0.15, 0.2) is 0 Å². The number of rotatable bonds is 0. The second-order valence-corrected chi connectivity index (χ2v) is 4.02. The van der Waals surface area contributed by atoms with Gasteiger partial charge in [0.2, 0.25) is 0 Å². The molecule has 0 aromatic rings. The Hall–Kier alpha value is -0.810. The van der Waals surface area contributed by atoms with Crippen molar-refractivity contribution in [1.82, 2.24) is 10.2 Å². The average molecular weight is 200 g/mol. The molecule has 80 valence electrons. The van der Waals surface area contributed by atoms with Crippen LogP contribution in [-0.2, 0) is 0 Å². The molecular weight excluding hydrogens is 184 g/mol. The van der Waals surface area contributed by atoms with E-state index in [1.165, 1.54) is 4.90 Å². The van der Waals surface area contributed by atoms with E-state index in [1.807, 2.05) is 0 Å². The van der Waals surface area contributed by atoms with E-state index in [0.717, 1.165) is 19.3 Å². The van der Waals surface area contributed by atoms with E-state index in [9.17, 15) is 9.90 Å². The minimum atomic E-state index is -0.865. The standard InChI is InChI=1S/C9H16N2O3/c12-7-3-1-2-6-8(7)10-4-5-11(6)9(13)14/h6-8,10,12H,1-5H2,(H,13,14). The van der Waals surface area contributed by atoms with Gasteiger partial charge in [-0.1, -0.05) is 0 Å². The van der Waals surface area contributed by atoms with E-state index in [2.05, 4.69) is 5.32 Å². The maximum atomic E-state index is 10.9. The van der Waals surface area contributed by atoms with E-state index >= 15 is 0 Å². The molecule has 0 spiro atoms. The van der Waals surface area contributed by atoms with Crippen molar-refractivity contribution in [3.05, 3.63) is 0 Å². The van der Waals surface area contributed by atoms with E-state index in [-0.39, 0.29) is 12.1 Å². The van der Waals surface area contributed by atoms with Crippen molar-refractivity contribution in [2.75, 3.05) is 13.1 Å². The summed E-state index contributed by atoms with van der Waals surface area (Å²) in [5, 5.41) is 21.9. The number of piperazine rings is 1. The molecule has 3 N–H and O–H groups in total. The highest BCUT2D eigenvalue weighted by molar-refractivity contribution is 5.65. The summed E-state index contributed by atoms with van der Waals surface area (Å²) in [5.41, 5.74) is 0. The Morgan fingerprint density at radius 3 is 2.93 bits per heavy atom. The van der Waals surface area contributed by atoms with Crippen molar-refractivity contribution < 1.29 is 15.0 Å². The lowest BCUT2D eigenvalue weighted by atomic mass is 9.85. The van der Waals surface area contributed by atoms with Crippen LogP contribution in [0, 0.1) is 0 Å². The van der Waals surface area contributed by atoms with Gasteiger partial charge in [-0.25, -0.2) is 4.79 Å². The molecular formula is C9H16N2O3. The second-order valence-electron chi connectivity index (χ2n) is 4.02. The van der Waals surface area contributed by atoms with Gasteiger partial charge in [0.15, 0.2) is 0 Å². The number of nitrogens with one attached hydrogen (secondary N) is 1. The lowest BCUT2D eigenvalue weighted by Gasteiger charge is -2.45. The molecule has 1 aliphatic heterocycles. The molecule has 1 heterocycles. The zero-order valence-electron chi connectivity index (χ0n) is 8.02. The van der Waals surface area contributed by atoms with Crippen LogP contribution in [0.2, 0.25) is 0 Å². The first-order valence-electron chi connectivity index (χ1n) is 5.11. The van der Waals surface area contributed by atoms with Crippen LogP contribution in [0.3, 0.4) is 0 Å². The summed E-state index contributed by atoms with van der Waals surface area (Å²) in [7, 11) is 0. The lowest BCUT2D eigenvalue weighted by Crippen LogP contribution is -2.64. The van der Waals surface area contributed by atoms with E-state index < -0.39 is 12.2 Å². The Morgan fingerprint density at radius 1 is 1.43 bits per heavy atom. The molecule has 14 heavy (non-hydrogen) atoms. The third kappa shape index (κ3) is 1.57. The summed E-state index contributed by atoms with van der Waals surface area (Å²) in [6.45, 7) is 1.17. The first kappa shape index (κ1) is 9.73. The van der Waals surface area contributed by atoms with Crippen LogP contribution in [0.1, 0.15) is 19.3 Å². The minimum Gasteiger partial charge on any atom is -0.465 e. The number of aliphatic hydroxyl groups excluding tert-OH is 1. The van der Waals surface area contributed by atoms with Gasteiger partial charge in [-0.05, 0) is 19.3 Å². The quantitative estimate of drug-likeness (QED) is 0.508. The van der Waals surface area contributed by atoms with Crippen molar-refractivity contribution in [3.63, 3.8) is 0 Å². The maximum absolute atomic E-state index is 10.9. The van der Waals surface area contributed by atoms with Crippen LogP contribution in [0.25, 0.3) is 0 Å². The molecule has 2 fully saturated rings. The topological polar surface area (TPSA) is 72.8 Å². The highest BCUT2D eigenvalue weighted by Crippen LogP contribution is 2.25. The van der Waals surface area contributed by atoms with Crippen LogP contribution in [0.4, 0.5) is 4.79 Å². The number of nitrogens with zero attached hydrogens (tertiary/aromatic N) is 1. The van der Waals surface area contributed by atoms with Crippen molar-refractivity contribution in [2.45, 2.75) is 37.5 Å². The van der Waals surface area contributed by atoms with Gasteiger partial charge >= 0.3 is 6.09 Å². The fourth-order valence-electron chi connectivity index (χ4n) is 2.53. The summed E-state index contributed by atoms with van der Waals surface area (Å²) in [6, 6.07) is -0.0985. The Morgan fingerprint density at radius 2 is 2.21 bits per heavy atom. The number of hydrogen-bond donors (Lipinski definition) is 3. The molecule has 1 amide bonds. The van der Waals surface area contributed by atoms with Gasteiger partial charge in [0.05, 0.1) is 18.2 Å². The minimum absolute atomic E-state index is 0.0370. The molecule has 3 atom stereocenters. The Kier molecular flexibility index (Phi) is 2.60. The van der Waals surface area contributed by atoms with Gasteiger partial charge < -0.3 is 20.4 Å². The van der Waals surface area contributed by atoms with E-state index in [4.69, 9.17) is 5.11 Å². The number of carboxylic acid groups (broad SMARTS) is 1.